The highest BCUT2D eigenvalue weighted by molar-refractivity contribution is 7.88. The Labute approximate surface area is 146 Å². The van der Waals surface area contributed by atoms with Crippen LogP contribution in [0.25, 0.3) is 0 Å². The molecule has 0 aliphatic carbocycles. The van der Waals surface area contributed by atoms with Gasteiger partial charge in [0.2, 0.25) is 10.0 Å². The summed E-state index contributed by atoms with van der Waals surface area (Å²) in [7, 11) is -1.80. The van der Waals surface area contributed by atoms with Crippen molar-refractivity contribution in [2.24, 2.45) is 0 Å². The lowest BCUT2D eigenvalue weighted by Gasteiger charge is -2.27. The number of methoxy groups -OCH3 is 1. The minimum absolute atomic E-state index is 0.183. The van der Waals surface area contributed by atoms with Gasteiger partial charge in [-0.1, -0.05) is 6.07 Å². The number of nitrogens with one attached hydrogen (secondary N) is 1. The number of rotatable bonds is 6. The molecule has 1 aliphatic rings. The van der Waals surface area contributed by atoms with Gasteiger partial charge in [0.1, 0.15) is 0 Å². The van der Waals surface area contributed by atoms with Crippen molar-refractivity contribution >= 4 is 10.0 Å². The van der Waals surface area contributed by atoms with Gasteiger partial charge in [-0.25, -0.2) is 17.5 Å². The van der Waals surface area contributed by atoms with Crippen molar-refractivity contribution in [1.29, 1.82) is 0 Å². The molecule has 0 fully saturated rings. The van der Waals surface area contributed by atoms with E-state index < -0.39 is 10.0 Å². The Morgan fingerprint density at radius 2 is 2.12 bits per heavy atom. The molecule has 3 rings (SSSR count). The second-order valence-electron chi connectivity index (χ2n) is 6.12. The van der Waals surface area contributed by atoms with Crippen molar-refractivity contribution in [3.05, 3.63) is 47.0 Å². The first-order valence-electron chi connectivity index (χ1n) is 7.89. The Hall–Kier alpha value is -1.97. The molecule has 0 saturated carbocycles. The van der Waals surface area contributed by atoms with Gasteiger partial charge in [-0.15, -0.1) is 0 Å². The summed E-state index contributed by atoms with van der Waals surface area (Å²) < 4.78 is 45.5. The Bertz CT molecular complexity index is 866. The van der Waals surface area contributed by atoms with E-state index in [-0.39, 0.29) is 18.1 Å². The van der Waals surface area contributed by atoms with Crippen LogP contribution < -0.4 is 9.46 Å². The normalized spacial score (nSPS) is 15.2. The van der Waals surface area contributed by atoms with E-state index in [2.05, 4.69) is 14.7 Å². The van der Waals surface area contributed by atoms with E-state index in [0.29, 0.717) is 25.3 Å². The van der Waals surface area contributed by atoms with Gasteiger partial charge in [-0.05, 0) is 23.8 Å². The highest BCUT2D eigenvalue weighted by Crippen LogP contribution is 2.21. The molecule has 1 aliphatic heterocycles. The Balaban J connectivity index is 1.65. The second kappa shape index (κ2) is 7.11. The molecule has 0 radical (unpaired) electrons. The summed E-state index contributed by atoms with van der Waals surface area (Å²) in [6.07, 6.45) is 1.12. The molecule has 1 N–H and O–H groups in total. The summed E-state index contributed by atoms with van der Waals surface area (Å²) in [5, 5.41) is 4.42. The highest BCUT2D eigenvalue weighted by Gasteiger charge is 2.19. The number of hydrogen-bond acceptors (Lipinski definition) is 5. The maximum atomic E-state index is 13.8. The average molecular weight is 368 g/mol. The van der Waals surface area contributed by atoms with Crippen molar-refractivity contribution in [1.82, 2.24) is 19.4 Å². The molecule has 7 nitrogen and oxygen atoms in total. The molecule has 136 valence electrons. The number of sulfonamides is 1. The van der Waals surface area contributed by atoms with Crippen LogP contribution in [0.15, 0.2) is 24.3 Å². The lowest BCUT2D eigenvalue weighted by molar-refractivity contribution is 0.205. The predicted molar refractivity (Wildman–Crippen MR) is 91.0 cm³/mol. The first-order chi connectivity index (χ1) is 11.8. The van der Waals surface area contributed by atoms with Crippen LogP contribution in [0.1, 0.15) is 17.0 Å². The third kappa shape index (κ3) is 4.56. The van der Waals surface area contributed by atoms with Crippen molar-refractivity contribution in [3.63, 3.8) is 0 Å². The van der Waals surface area contributed by atoms with E-state index in [0.717, 1.165) is 24.1 Å². The summed E-state index contributed by atoms with van der Waals surface area (Å²) in [4.78, 5) is 2.20. The van der Waals surface area contributed by atoms with Gasteiger partial charge in [-0.2, -0.15) is 5.10 Å². The summed E-state index contributed by atoms with van der Waals surface area (Å²) in [5.74, 6) is -0.125. The van der Waals surface area contributed by atoms with Crippen LogP contribution in [0.5, 0.6) is 5.75 Å². The fourth-order valence-electron chi connectivity index (χ4n) is 2.87. The number of ether oxygens (including phenoxy) is 1. The average Bonchev–Trinajstić information content (AvgIpc) is 2.95. The third-order valence-electron chi connectivity index (χ3n) is 4.07. The number of aromatic nitrogens is 2. The minimum Gasteiger partial charge on any atom is -0.494 e. The molecule has 0 amide bonds. The number of nitrogens with zero attached hydrogens (tertiary/aromatic N) is 3. The molecular weight excluding hydrogens is 347 g/mol. The predicted octanol–water partition coefficient (Wildman–Crippen LogP) is 1.10. The molecule has 0 unspecified atom stereocenters. The molecule has 1 aromatic heterocycles. The van der Waals surface area contributed by atoms with E-state index in [1.807, 2.05) is 16.8 Å². The van der Waals surface area contributed by atoms with E-state index >= 15 is 0 Å². The van der Waals surface area contributed by atoms with E-state index in [9.17, 15) is 12.8 Å². The van der Waals surface area contributed by atoms with Gasteiger partial charge < -0.3 is 4.74 Å². The number of halogens is 1. The van der Waals surface area contributed by atoms with Gasteiger partial charge in [0, 0.05) is 19.6 Å². The Morgan fingerprint density at radius 1 is 1.32 bits per heavy atom. The summed E-state index contributed by atoms with van der Waals surface area (Å²) >= 11 is 0. The van der Waals surface area contributed by atoms with Crippen LogP contribution in [-0.2, 0) is 36.2 Å². The largest absolute Gasteiger partial charge is 0.494 e. The van der Waals surface area contributed by atoms with Crippen molar-refractivity contribution < 1.29 is 17.5 Å². The maximum absolute atomic E-state index is 13.8. The van der Waals surface area contributed by atoms with Crippen LogP contribution >= 0.6 is 0 Å². The van der Waals surface area contributed by atoms with Crippen LogP contribution in [-0.4, -0.2) is 43.0 Å². The second-order valence-corrected chi connectivity index (χ2v) is 7.96. The standard InChI is InChI=1S/C16H21FN4O3S/c1-24-16-4-3-12(7-15(16)17)10-20-5-6-21-14(11-20)8-13(19-21)9-18-25(2,22)23/h3-4,7-8,18H,5-6,9-11H2,1-2H3. The molecule has 9 heteroatoms. The minimum atomic E-state index is -3.24. The van der Waals surface area contributed by atoms with Crippen molar-refractivity contribution in [3.8, 4) is 5.75 Å². The topological polar surface area (TPSA) is 76.5 Å². The van der Waals surface area contributed by atoms with Gasteiger partial charge in [-0.3, -0.25) is 9.58 Å². The lowest BCUT2D eigenvalue weighted by Crippen LogP contribution is -2.33. The molecule has 0 atom stereocenters. The van der Waals surface area contributed by atoms with Gasteiger partial charge in [0.25, 0.3) is 0 Å². The summed E-state index contributed by atoms with van der Waals surface area (Å²) in [6.45, 7) is 3.00. The number of fused-ring (bicyclic) bond motifs is 1. The van der Waals surface area contributed by atoms with Gasteiger partial charge in [0.05, 0.1) is 37.8 Å². The molecular formula is C16H21FN4O3S. The first-order valence-corrected chi connectivity index (χ1v) is 9.78. The zero-order chi connectivity index (χ0) is 18.0. The van der Waals surface area contributed by atoms with Gasteiger partial charge in [0.15, 0.2) is 11.6 Å². The quantitative estimate of drug-likeness (QED) is 0.826. The fourth-order valence-corrected chi connectivity index (χ4v) is 3.28. The van der Waals surface area contributed by atoms with E-state index in [4.69, 9.17) is 4.74 Å². The lowest BCUT2D eigenvalue weighted by atomic mass is 10.1. The fraction of sp³-hybridized carbons (Fsp3) is 0.438. The Morgan fingerprint density at radius 3 is 2.80 bits per heavy atom. The van der Waals surface area contributed by atoms with Crippen molar-refractivity contribution in [2.75, 3.05) is 19.9 Å². The molecule has 2 aromatic rings. The molecule has 0 spiro atoms. The van der Waals surface area contributed by atoms with Crippen molar-refractivity contribution in [2.45, 2.75) is 26.2 Å². The molecule has 2 heterocycles. The molecule has 25 heavy (non-hydrogen) atoms. The third-order valence-corrected chi connectivity index (χ3v) is 4.73. The molecule has 0 bridgehead atoms. The Kier molecular flexibility index (Phi) is 5.07. The number of hydrogen-bond donors (Lipinski definition) is 1. The number of benzene rings is 1. The molecule has 1 aromatic carbocycles. The SMILES string of the molecule is COc1ccc(CN2CCn3nc(CNS(C)(=O)=O)cc3C2)cc1F. The van der Waals surface area contributed by atoms with E-state index in [1.54, 1.807) is 6.07 Å². The summed E-state index contributed by atoms with van der Waals surface area (Å²) in [6, 6.07) is 6.88. The van der Waals surface area contributed by atoms with Crippen LogP contribution in [0.3, 0.4) is 0 Å². The monoisotopic (exact) mass is 368 g/mol. The highest BCUT2D eigenvalue weighted by atomic mass is 32.2. The maximum Gasteiger partial charge on any atom is 0.209 e. The molecule has 0 saturated heterocycles. The smallest absolute Gasteiger partial charge is 0.209 e. The van der Waals surface area contributed by atoms with Crippen LogP contribution in [0, 0.1) is 5.82 Å². The first kappa shape index (κ1) is 17.8. The van der Waals surface area contributed by atoms with Gasteiger partial charge >= 0.3 is 0 Å². The van der Waals surface area contributed by atoms with E-state index in [1.165, 1.54) is 13.2 Å². The zero-order valence-electron chi connectivity index (χ0n) is 14.2. The summed E-state index contributed by atoms with van der Waals surface area (Å²) in [5.41, 5.74) is 2.59. The van der Waals surface area contributed by atoms with Crippen LogP contribution in [0.2, 0.25) is 0 Å². The van der Waals surface area contributed by atoms with Crippen LogP contribution in [0.4, 0.5) is 4.39 Å². The zero-order valence-corrected chi connectivity index (χ0v) is 15.0.